The number of hydrogen-bond donors (Lipinski definition) is 1. The molecule has 1 aromatic rings. The predicted octanol–water partition coefficient (Wildman–Crippen LogP) is 2.92. The van der Waals surface area contributed by atoms with E-state index in [-0.39, 0.29) is 5.88 Å². The Morgan fingerprint density at radius 1 is 1.50 bits per heavy atom. The van der Waals surface area contributed by atoms with Crippen LogP contribution < -0.4 is 0 Å². The van der Waals surface area contributed by atoms with E-state index < -0.39 is 6.10 Å². The molecular weight excluding hydrogens is 195 g/mol. The third kappa shape index (κ3) is 2.13. The molecular formula is C9H10Cl2O. The van der Waals surface area contributed by atoms with Crippen molar-refractivity contribution in [3.8, 4) is 0 Å². The average molecular weight is 205 g/mol. The molecule has 66 valence electrons. The smallest absolute Gasteiger partial charge is 0.0939 e. The van der Waals surface area contributed by atoms with Crippen LogP contribution in [-0.2, 0) is 0 Å². The Bertz CT molecular complexity index is 273. The fourth-order valence-corrected chi connectivity index (χ4v) is 1.41. The minimum atomic E-state index is -0.668. The third-order valence-corrected chi connectivity index (χ3v) is 2.29. The number of hydrogen-bond acceptors (Lipinski definition) is 1. The number of aryl methyl sites for hydroxylation is 1. The SMILES string of the molecule is Cc1ccc(Cl)c(C(O)CCl)c1. The monoisotopic (exact) mass is 204 g/mol. The minimum absolute atomic E-state index is 0.170. The van der Waals surface area contributed by atoms with Crippen LogP contribution in [-0.4, -0.2) is 11.0 Å². The number of rotatable bonds is 2. The van der Waals surface area contributed by atoms with Gasteiger partial charge in [0, 0.05) is 10.6 Å². The van der Waals surface area contributed by atoms with E-state index in [0.717, 1.165) is 5.56 Å². The summed E-state index contributed by atoms with van der Waals surface area (Å²) >= 11 is 11.4. The normalized spacial score (nSPS) is 13.0. The van der Waals surface area contributed by atoms with E-state index in [1.54, 1.807) is 6.07 Å². The van der Waals surface area contributed by atoms with Gasteiger partial charge in [-0.05, 0) is 13.0 Å². The van der Waals surface area contributed by atoms with Crippen LogP contribution in [0.25, 0.3) is 0 Å². The molecule has 1 unspecified atom stereocenters. The van der Waals surface area contributed by atoms with Gasteiger partial charge in [0.05, 0.1) is 12.0 Å². The molecule has 1 N–H and O–H groups in total. The summed E-state index contributed by atoms with van der Waals surface area (Å²) in [5.41, 5.74) is 1.77. The van der Waals surface area contributed by atoms with Gasteiger partial charge in [-0.2, -0.15) is 0 Å². The zero-order chi connectivity index (χ0) is 9.14. The van der Waals surface area contributed by atoms with Crippen molar-refractivity contribution in [3.05, 3.63) is 34.3 Å². The van der Waals surface area contributed by atoms with Crippen LogP contribution in [0.3, 0.4) is 0 Å². The maximum atomic E-state index is 9.42. The van der Waals surface area contributed by atoms with E-state index in [4.69, 9.17) is 23.2 Å². The van der Waals surface area contributed by atoms with Crippen LogP contribution >= 0.6 is 23.2 Å². The molecule has 12 heavy (non-hydrogen) atoms. The standard InChI is InChI=1S/C9H10Cl2O/c1-6-2-3-8(11)7(4-6)9(12)5-10/h2-4,9,12H,5H2,1H3. The second-order valence-corrected chi connectivity index (χ2v) is 3.41. The number of benzene rings is 1. The van der Waals surface area contributed by atoms with Crippen LogP contribution in [0.4, 0.5) is 0 Å². The second kappa shape index (κ2) is 4.13. The first kappa shape index (κ1) is 9.85. The van der Waals surface area contributed by atoms with Crippen LogP contribution in [0.15, 0.2) is 18.2 Å². The van der Waals surface area contributed by atoms with Crippen molar-refractivity contribution in [1.82, 2.24) is 0 Å². The van der Waals surface area contributed by atoms with E-state index in [0.29, 0.717) is 10.6 Å². The second-order valence-electron chi connectivity index (χ2n) is 2.70. The van der Waals surface area contributed by atoms with Crippen molar-refractivity contribution < 1.29 is 5.11 Å². The Kier molecular flexibility index (Phi) is 3.39. The Morgan fingerprint density at radius 2 is 2.17 bits per heavy atom. The Labute approximate surface area is 81.9 Å². The summed E-state index contributed by atoms with van der Waals surface area (Å²) in [5, 5.41) is 9.98. The largest absolute Gasteiger partial charge is 0.387 e. The number of aliphatic hydroxyl groups excluding tert-OH is 1. The molecule has 0 aromatic heterocycles. The van der Waals surface area contributed by atoms with E-state index >= 15 is 0 Å². The van der Waals surface area contributed by atoms with Gasteiger partial charge >= 0.3 is 0 Å². The maximum Gasteiger partial charge on any atom is 0.0939 e. The number of alkyl halides is 1. The molecule has 3 heteroatoms. The first-order valence-corrected chi connectivity index (χ1v) is 4.56. The van der Waals surface area contributed by atoms with Gasteiger partial charge in [-0.25, -0.2) is 0 Å². The molecule has 0 aliphatic carbocycles. The van der Waals surface area contributed by atoms with Crippen molar-refractivity contribution in [3.63, 3.8) is 0 Å². The molecule has 1 rings (SSSR count). The van der Waals surface area contributed by atoms with Gasteiger partial charge in [0.15, 0.2) is 0 Å². The zero-order valence-electron chi connectivity index (χ0n) is 6.72. The average Bonchev–Trinajstić information content (AvgIpc) is 2.08. The lowest BCUT2D eigenvalue weighted by molar-refractivity contribution is 0.202. The van der Waals surface area contributed by atoms with Gasteiger partial charge < -0.3 is 5.11 Å². The molecule has 0 spiro atoms. The molecule has 0 amide bonds. The molecule has 0 aliphatic heterocycles. The number of aliphatic hydroxyl groups is 1. The molecule has 1 aromatic carbocycles. The molecule has 1 nitrogen and oxygen atoms in total. The predicted molar refractivity (Wildman–Crippen MR) is 51.9 cm³/mol. The van der Waals surface area contributed by atoms with E-state index in [1.165, 1.54) is 0 Å². The summed E-state index contributed by atoms with van der Waals surface area (Å²) in [7, 11) is 0. The first-order valence-electron chi connectivity index (χ1n) is 3.65. The van der Waals surface area contributed by atoms with Crippen molar-refractivity contribution in [2.24, 2.45) is 0 Å². The van der Waals surface area contributed by atoms with Gasteiger partial charge in [-0.3, -0.25) is 0 Å². The Hall–Kier alpha value is -0.240. The molecule has 0 heterocycles. The van der Waals surface area contributed by atoms with Crippen LogP contribution in [0, 0.1) is 6.92 Å². The van der Waals surface area contributed by atoms with Crippen LogP contribution in [0.1, 0.15) is 17.2 Å². The zero-order valence-corrected chi connectivity index (χ0v) is 8.23. The van der Waals surface area contributed by atoms with E-state index in [9.17, 15) is 5.11 Å². The quantitative estimate of drug-likeness (QED) is 0.736. The summed E-state index contributed by atoms with van der Waals surface area (Å²) in [5.74, 6) is 0.170. The van der Waals surface area contributed by atoms with Crippen molar-refractivity contribution >= 4 is 23.2 Å². The van der Waals surface area contributed by atoms with Crippen LogP contribution in [0.5, 0.6) is 0 Å². The molecule has 1 atom stereocenters. The van der Waals surface area contributed by atoms with E-state index in [1.807, 2.05) is 19.1 Å². The topological polar surface area (TPSA) is 20.2 Å². The fourth-order valence-electron chi connectivity index (χ4n) is 1.00. The summed E-state index contributed by atoms with van der Waals surface area (Å²) in [4.78, 5) is 0. The Balaban J connectivity index is 3.04. The van der Waals surface area contributed by atoms with Gasteiger partial charge in [0.1, 0.15) is 0 Å². The highest BCUT2D eigenvalue weighted by molar-refractivity contribution is 6.31. The van der Waals surface area contributed by atoms with Crippen molar-refractivity contribution in [2.45, 2.75) is 13.0 Å². The van der Waals surface area contributed by atoms with Gasteiger partial charge in [0.25, 0.3) is 0 Å². The summed E-state index contributed by atoms with van der Waals surface area (Å²) in [6.07, 6.45) is -0.668. The lowest BCUT2D eigenvalue weighted by Crippen LogP contribution is -1.99. The molecule has 0 bridgehead atoms. The maximum absolute atomic E-state index is 9.42. The summed E-state index contributed by atoms with van der Waals surface area (Å²) in [6, 6.07) is 5.50. The summed E-state index contributed by atoms with van der Waals surface area (Å²) < 4.78 is 0. The molecule has 0 saturated carbocycles. The van der Waals surface area contributed by atoms with Gasteiger partial charge in [0.2, 0.25) is 0 Å². The fraction of sp³-hybridized carbons (Fsp3) is 0.333. The van der Waals surface area contributed by atoms with Gasteiger partial charge in [-0.15, -0.1) is 11.6 Å². The van der Waals surface area contributed by atoms with E-state index in [2.05, 4.69) is 0 Å². The highest BCUT2D eigenvalue weighted by atomic mass is 35.5. The molecule has 0 radical (unpaired) electrons. The van der Waals surface area contributed by atoms with Crippen molar-refractivity contribution in [1.29, 1.82) is 0 Å². The molecule has 0 fully saturated rings. The number of halogens is 2. The van der Waals surface area contributed by atoms with Crippen molar-refractivity contribution in [2.75, 3.05) is 5.88 Å². The molecule has 0 aliphatic rings. The highest BCUT2D eigenvalue weighted by Crippen LogP contribution is 2.24. The molecule has 0 saturated heterocycles. The minimum Gasteiger partial charge on any atom is -0.387 e. The highest BCUT2D eigenvalue weighted by Gasteiger charge is 2.09. The van der Waals surface area contributed by atoms with Crippen LogP contribution in [0.2, 0.25) is 5.02 Å². The lowest BCUT2D eigenvalue weighted by Gasteiger charge is -2.09. The Morgan fingerprint density at radius 3 is 2.75 bits per heavy atom. The third-order valence-electron chi connectivity index (χ3n) is 1.66. The lowest BCUT2D eigenvalue weighted by atomic mass is 10.1. The van der Waals surface area contributed by atoms with Gasteiger partial charge in [-0.1, -0.05) is 29.3 Å². The first-order chi connectivity index (χ1) is 5.65. The summed E-state index contributed by atoms with van der Waals surface area (Å²) in [6.45, 7) is 1.95.